The Bertz CT molecular complexity index is 975. The lowest BCUT2D eigenvalue weighted by Crippen LogP contribution is -2.37. The van der Waals surface area contributed by atoms with E-state index in [1.165, 1.54) is 57.8 Å². The number of rotatable bonds is 36. The number of allylic oxidation sites excluding steroid dienone is 6. The van der Waals surface area contributed by atoms with Crippen LogP contribution in [0.2, 0.25) is 0 Å². The first-order chi connectivity index (χ1) is 24.5. The maximum atomic E-state index is 12.6. The number of likely N-dealkylation sites (N-methyl/N-ethyl adjacent to an activating group) is 1. The lowest BCUT2D eigenvalue weighted by Gasteiger charge is -2.28. The van der Waals surface area contributed by atoms with Gasteiger partial charge in [-0.15, -0.1) is 0 Å². The quantitative estimate of drug-likeness (QED) is 0.0205. The molecule has 51 heavy (non-hydrogen) atoms. The molecule has 0 heterocycles. The van der Waals surface area contributed by atoms with Gasteiger partial charge in [0.25, 0.3) is 7.82 Å². The smallest absolute Gasteiger partial charge is 0.306 e. The number of nitrogens with zero attached hydrogens (tertiary/aromatic N) is 1. The molecule has 0 saturated carbocycles. The molecule has 0 spiro atoms. The topological polar surface area (TPSA) is 111 Å². The van der Waals surface area contributed by atoms with Crippen molar-refractivity contribution in [3.63, 3.8) is 0 Å². The molecule has 298 valence electrons. The Morgan fingerprint density at radius 1 is 0.608 bits per heavy atom. The summed E-state index contributed by atoms with van der Waals surface area (Å²) in [5, 5.41) is 0. The summed E-state index contributed by atoms with van der Waals surface area (Å²) in [6.45, 7) is 4.13. The molecule has 0 N–H and O–H groups in total. The monoisotopic (exact) mass is 742 g/mol. The summed E-state index contributed by atoms with van der Waals surface area (Å²) in [6, 6.07) is 0. The van der Waals surface area contributed by atoms with E-state index < -0.39 is 32.5 Å². The van der Waals surface area contributed by atoms with Gasteiger partial charge in [0.2, 0.25) is 0 Å². The fourth-order valence-electron chi connectivity index (χ4n) is 5.19. The molecule has 0 bridgehead atoms. The van der Waals surface area contributed by atoms with Crippen molar-refractivity contribution in [2.45, 2.75) is 168 Å². The van der Waals surface area contributed by atoms with E-state index in [9.17, 15) is 19.0 Å². The van der Waals surface area contributed by atoms with Crippen molar-refractivity contribution < 1.29 is 42.1 Å². The van der Waals surface area contributed by atoms with E-state index in [4.69, 9.17) is 18.5 Å². The normalized spacial score (nSPS) is 14.1. The van der Waals surface area contributed by atoms with Gasteiger partial charge in [-0.25, -0.2) is 0 Å². The molecule has 0 radical (unpaired) electrons. The zero-order valence-electron chi connectivity index (χ0n) is 33.3. The molecule has 0 rings (SSSR count). The summed E-state index contributed by atoms with van der Waals surface area (Å²) in [7, 11) is 1.15. The predicted molar refractivity (Wildman–Crippen MR) is 208 cm³/mol. The molecule has 9 nitrogen and oxygen atoms in total. The van der Waals surface area contributed by atoms with Crippen molar-refractivity contribution in [3.05, 3.63) is 36.5 Å². The molecule has 0 aromatic heterocycles. The van der Waals surface area contributed by atoms with E-state index in [0.717, 1.165) is 70.6 Å². The van der Waals surface area contributed by atoms with Crippen LogP contribution in [0.5, 0.6) is 0 Å². The Kier molecular flexibility index (Phi) is 32.8. The maximum Gasteiger partial charge on any atom is 0.306 e. The first-order valence-electron chi connectivity index (χ1n) is 20.2. The Morgan fingerprint density at radius 2 is 1.06 bits per heavy atom. The number of carbonyl (C=O) groups is 2. The Hall–Kier alpha value is -1.77. The lowest BCUT2D eigenvalue weighted by molar-refractivity contribution is -0.870. The van der Waals surface area contributed by atoms with Crippen molar-refractivity contribution in [1.29, 1.82) is 0 Å². The number of hydrogen-bond acceptors (Lipinski definition) is 8. The standard InChI is InChI=1S/C41H76NO8P/c1-6-8-10-12-14-16-17-18-19-20-21-22-23-24-25-26-28-30-32-34-41(44)50-39(38-49-51(45,46)48-36-35-42(3,4)5)37-47-40(43)33-31-29-27-15-13-11-9-7-2/h14,16,18-19,21-22,39H,6-13,15,17,20,23-38H2,1-5H3/b16-14-,19-18-,22-21-. The molecular weight excluding hydrogens is 665 g/mol. The minimum atomic E-state index is -4.62. The number of carbonyl (C=O) groups excluding carboxylic acids is 2. The van der Waals surface area contributed by atoms with Gasteiger partial charge in [0, 0.05) is 12.8 Å². The van der Waals surface area contributed by atoms with E-state index in [-0.39, 0.29) is 26.1 Å². The zero-order chi connectivity index (χ0) is 37.9. The van der Waals surface area contributed by atoms with Gasteiger partial charge in [-0.3, -0.25) is 14.2 Å². The van der Waals surface area contributed by atoms with Gasteiger partial charge in [0.05, 0.1) is 27.7 Å². The van der Waals surface area contributed by atoms with Crippen LogP contribution in [-0.2, 0) is 32.7 Å². The molecule has 2 unspecified atom stereocenters. The zero-order valence-corrected chi connectivity index (χ0v) is 34.2. The number of hydrogen-bond donors (Lipinski definition) is 0. The highest BCUT2D eigenvalue weighted by Crippen LogP contribution is 2.38. The highest BCUT2D eigenvalue weighted by Gasteiger charge is 2.21. The van der Waals surface area contributed by atoms with Gasteiger partial charge in [0.1, 0.15) is 19.8 Å². The number of quaternary nitrogens is 1. The molecule has 0 aliphatic carbocycles. The second-order valence-corrected chi connectivity index (χ2v) is 16.1. The van der Waals surface area contributed by atoms with E-state index >= 15 is 0 Å². The van der Waals surface area contributed by atoms with Gasteiger partial charge in [-0.05, 0) is 51.4 Å². The Morgan fingerprint density at radius 3 is 1.61 bits per heavy atom. The van der Waals surface area contributed by atoms with Crippen LogP contribution < -0.4 is 4.89 Å². The number of ether oxygens (including phenoxy) is 2. The molecule has 2 atom stereocenters. The average molecular weight is 742 g/mol. The molecule has 0 saturated heterocycles. The van der Waals surface area contributed by atoms with E-state index in [1.54, 1.807) is 0 Å². The molecule has 0 aromatic rings. The number of unbranched alkanes of at least 4 members (excludes halogenated alkanes) is 16. The Balaban J connectivity index is 4.36. The average Bonchev–Trinajstić information content (AvgIpc) is 3.07. The molecule has 0 aliphatic rings. The molecule has 0 amide bonds. The number of esters is 2. The predicted octanol–water partition coefficient (Wildman–Crippen LogP) is 10.3. The second kappa shape index (κ2) is 34.0. The molecule has 0 aliphatic heterocycles. The molecule has 10 heteroatoms. The van der Waals surface area contributed by atoms with Crippen molar-refractivity contribution >= 4 is 19.8 Å². The minimum absolute atomic E-state index is 0.0335. The third-order valence-electron chi connectivity index (χ3n) is 8.41. The van der Waals surface area contributed by atoms with Crippen molar-refractivity contribution in [3.8, 4) is 0 Å². The van der Waals surface area contributed by atoms with Crippen LogP contribution in [0, 0.1) is 0 Å². The summed E-state index contributed by atoms with van der Waals surface area (Å²) < 4.78 is 33.7. The van der Waals surface area contributed by atoms with Crippen LogP contribution in [0.3, 0.4) is 0 Å². The van der Waals surface area contributed by atoms with Crippen LogP contribution in [0.1, 0.15) is 162 Å². The van der Waals surface area contributed by atoms with E-state index in [2.05, 4.69) is 50.3 Å². The van der Waals surface area contributed by atoms with Crippen molar-refractivity contribution in [1.82, 2.24) is 0 Å². The van der Waals surface area contributed by atoms with Crippen LogP contribution in [-0.4, -0.2) is 70.0 Å². The SMILES string of the molecule is CCCCC/C=C\C/C=C\C/C=C\CCCCCCCCC(=O)OC(COC(=O)CCCCCCCCCC)COP(=O)([O-])OCC[N+](C)(C)C. The van der Waals surface area contributed by atoms with Crippen LogP contribution >= 0.6 is 7.82 Å². The first-order valence-corrected chi connectivity index (χ1v) is 21.7. The third-order valence-corrected chi connectivity index (χ3v) is 9.38. The fraction of sp³-hybridized carbons (Fsp3) is 0.805. The summed E-state index contributed by atoms with van der Waals surface area (Å²) in [5.41, 5.74) is 0. The van der Waals surface area contributed by atoms with Gasteiger partial charge in [0.15, 0.2) is 6.10 Å². The fourth-order valence-corrected chi connectivity index (χ4v) is 5.92. The highest BCUT2D eigenvalue weighted by atomic mass is 31.2. The summed E-state index contributed by atoms with van der Waals surface area (Å²) in [6.07, 6.45) is 36.1. The molecular formula is C41H76NO8P. The van der Waals surface area contributed by atoms with Crippen molar-refractivity contribution in [2.75, 3.05) is 47.5 Å². The van der Waals surface area contributed by atoms with Crippen LogP contribution in [0.4, 0.5) is 0 Å². The van der Waals surface area contributed by atoms with E-state index in [1.807, 2.05) is 21.1 Å². The van der Waals surface area contributed by atoms with Crippen LogP contribution in [0.25, 0.3) is 0 Å². The van der Waals surface area contributed by atoms with Crippen LogP contribution in [0.15, 0.2) is 36.5 Å². The van der Waals surface area contributed by atoms with E-state index in [0.29, 0.717) is 17.4 Å². The van der Waals surface area contributed by atoms with Crippen molar-refractivity contribution in [2.24, 2.45) is 0 Å². The molecule has 0 aromatic carbocycles. The minimum Gasteiger partial charge on any atom is -0.756 e. The Labute approximate surface area is 312 Å². The highest BCUT2D eigenvalue weighted by molar-refractivity contribution is 7.45. The summed E-state index contributed by atoms with van der Waals surface area (Å²) in [5.74, 6) is -0.855. The first kappa shape index (κ1) is 49.2. The lowest BCUT2D eigenvalue weighted by atomic mass is 10.1. The van der Waals surface area contributed by atoms with Gasteiger partial charge >= 0.3 is 11.9 Å². The summed E-state index contributed by atoms with van der Waals surface area (Å²) in [4.78, 5) is 37.3. The maximum absolute atomic E-state index is 12.6. The van der Waals surface area contributed by atoms with Gasteiger partial charge < -0.3 is 27.9 Å². The second-order valence-electron chi connectivity index (χ2n) is 14.7. The van der Waals surface area contributed by atoms with Gasteiger partial charge in [-0.1, -0.05) is 134 Å². The third kappa shape index (κ3) is 37.8. The largest absolute Gasteiger partial charge is 0.756 e. The van der Waals surface area contributed by atoms with Gasteiger partial charge in [-0.2, -0.15) is 0 Å². The molecule has 0 fully saturated rings. The number of phosphoric ester groups is 1. The summed E-state index contributed by atoms with van der Waals surface area (Å²) >= 11 is 0. The number of phosphoric acid groups is 1.